The van der Waals surface area contributed by atoms with Crippen LogP contribution >= 0.6 is 22.6 Å². The van der Waals surface area contributed by atoms with Crippen LogP contribution in [0.1, 0.15) is 12.8 Å². The van der Waals surface area contributed by atoms with Gasteiger partial charge in [0.05, 0.1) is 25.3 Å². The van der Waals surface area contributed by atoms with Crippen LogP contribution in [0.2, 0.25) is 0 Å². The minimum Gasteiger partial charge on any atom is -0.444 e. The SMILES string of the molecule is O=C(OC1CCOC1)N1C2CC1CN(SS)C2. The number of hydrogen-bond donors (Lipinski definition) is 1. The van der Waals surface area contributed by atoms with E-state index in [9.17, 15) is 4.79 Å². The molecule has 5 nitrogen and oxygen atoms in total. The van der Waals surface area contributed by atoms with Gasteiger partial charge in [-0.05, 0) is 17.4 Å². The third-order valence-electron chi connectivity index (χ3n) is 3.64. The van der Waals surface area contributed by atoms with Crippen LogP contribution in [0, 0.1) is 0 Å². The summed E-state index contributed by atoms with van der Waals surface area (Å²) in [7, 11) is 1.46. The second-order valence-electron chi connectivity index (χ2n) is 4.75. The largest absolute Gasteiger partial charge is 0.444 e. The Morgan fingerprint density at radius 1 is 1.41 bits per heavy atom. The molecule has 3 aliphatic heterocycles. The number of fused-ring (bicyclic) bond motifs is 2. The Labute approximate surface area is 110 Å². The molecule has 0 aromatic rings. The lowest BCUT2D eigenvalue weighted by Crippen LogP contribution is -2.69. The summed E-state index contributed by atoms with van der Waals surface area (Å²) in [4.78, 5) is 13.9. The monoisotopic (exact) mass is 276 g/mol. The van der Waals surface area contributed by atoms with E-state index in [1.807, 2.05) is 4.90 Å². The highest BCUT2D eigenvalue weighted by atomic mass is 33.1. The molecule has 1 amide bonds. The molecular formula is C10H16N2O3S2. The quantitative estimate of drug-likeness (QED) is 0.466. The Kier molecular flexibility index (Phi) is 3.43. The van der Waals surface area contributed by atoms with Gasteiger partial charge >= 0.3 is 6.09 Å². The zero-order chi connectivity index (χ0) is 11.8. The van der Waals surface area contributed by atoms with Crippen molar-refractivity contribution in [3.8, 4) is 0 Å². The smallest absolute Gasteiger partial charge is 0.410 e. The van der Waals surface area contributed by atoms with Gasteiger partial charge < -0.3 is 9.47 Å². The van der Waals surface area contributed by atoms with Crippen LogP contribution < -0.4 is 0 Å². The predicted molar refractivity (Wildman–Crippen MR) is 67.9 cm³/mol. The van der Waals surface area contributed by atoms with Crippen LogP contribution in [0.3, 0.4) is 0 Å². The molecule has 17 heavy (non-hydrogen) atoms. The van der Waals surface area contributed by atoms with Gasteiger partial charge in [0.2, 0.25) is 0 Å². The zero-order valence-electron chi connectivity index (χ0n) is 9.45. The Morgan fingerprint density at radius 2 is 2.18 bits per heavy atom. The van der Waals surface area contributed by atoms with Gasteiger partial charge in [-0.3, -0.25) is 4.90 Å². The van der Waals surface area contributed by atoms with Crippen LogP contribution in [0.15, 0.2) is 0 Å². The molecule has 3 atom stereocenters. The van der Waals surface area contributed by atoms with E-state index in [0.717, 1.165) is 25.9 Å². The number of rotatable bonds is 2. The molecule has 0 aromatic heterocycles. The van der Waals surface area contributed by atoms with E-state index in [4.69, 9.17) is 9.47 Å². The number of carbonyl (C=O) groups excluding carboxylic acids is 1. The van der Waals surface area contributed by atoms with Crippen molar-refractivity contribution in [1.82, 2.24) is 9.21 Å². The second-order valence-corrected chi connectivity index (χ2v) is 5.92. The summed E-state index contributed by atoms with van der Waals surface area (Å²) in [5.74, 6) is 0. The summed E-state index contributed by atoms with van der Waals surface area (Å²) < 4.78 is 12.8. The maximum Gasteiger partial charge on any atom is 0.410 e. The summed E-state index contributed by atoms with van der Waals surface area (Å²) in [5.41, 5.74) is 0. The minimum absolute atomic E-state index is 0.0424. The molecule has 96 valence electrons. The van der Waals surface area contributed by atoms with Crippen LogP contribution in [-0.2, 0) is 9.47 Å². The number of hydrogen-bond acceptors (Lipinski definition) is 6. The highest BCUT2D eigenvalue weighted by Crippen LogP contribution is 2.36. The fourth-order valence-corrected chi connectivity index (χ4v) is 3.62. The summed E-state index contributed by atoms with van der Waals surface area (Å²) >= 11 is 4.19. The molecule has 2 bridgehead atoms. The van der Waals surface area contributed by atoms with Crippen LogP contribution in [0.4, 0.5) is 4.79 Å². The number of thiol groups is 1. The van der Waals surface area contributed by atoms with Crippen molar-refractivity contribution in [2.45, 2.75) is 31.0 Å². The van der Waals surface area contributed by atoms with Gasteiger partial charge in [-0.2, -0.15) is 0 Å². The van der Waals surface area contributed by atoms with E-state index >= 15 is 0 Å². The lowest BCUT2D eigenvalue weighted by atomic mass is 9.89. The van der Waals surface area contributed by atoms with Crippen molar-refractivity contribution in [3.05, 3.63) is 0 Å². The van der Waals surface area contributed by atoms with Crippen molar-refractivity contribution in [1.29, 1.82) is 0 Å². The fraction of sp³-hybridized carbons (Fsp3) is 0.900. The molecule has 3 aliphatic rings. The lowest BCUT2D eigenvalue weighted by Gasteiger charge is -2.54. The van der Waals surface area contributed by atoms with E-state index in [-0.39, 0.29) is 12.2 Å². The number of ether oxygens (including phenoxy) is 2. The molecule has 0 saturated carbocycles. The average molecular weight is 276 g/mol. The van der Waals surface area contributed by atoms with E-state index in [1.165, 1.54) is 11.0 Å². The number of piperazine rings is 1. The summed E-state index contributed by atoms with van der Waals surface area (Å²) in [6, 6.07) is 0.617. The number of nitrogens with zero attached hydrogens (tertiary/aromatic N) is 2. The maximum atomic E-state index is 12.0. The Balaban J connectivity index is 1.54. The number of amides is 1. The molecule has 0 spiro atoms. The first-order chi connectivity index (χ1) is 8.28. The number of piperidine rings is 1. The topological polar surface area (TPSA) is 42.0 Å². The normalized spacial score (nSPS) is 36.8. The van der Waals surface area contributed by atoms with Gasteiger partial charge in [-0.1, -0.05) is 11.7 Å². The standard InChI is InChI=1S/C10H16N2O3S2/c13-10(15-9-1-2-14-6-9)12-7-3-8(12)5-11(4-7)17-16/h7-9,16H,1-6H2. The molecule has 3 heterocycles. The average Bonchev–Trinajstić information content (AvgIpc) is 2.81. The Morgan fingerprint density at radius 3 is 2.76 bits per heavy atom. The summed E-state index contributed by atoms with van der Waals surface area (Å²) in [6.07, 6.45) is 1.72. The van der Waals surface area contributed by atoms with Crippen molar-refractivity contribution < 1.29 is 14.3 Å². The lowest BCUT2D eigenvalue weighted by molar-refractivity contribution is -0.0457. The number of likely N-dealkylation sites (tertiary alicyclic amines) is 1. The van der Waals surface area contributed by atoms with Gasteiger partial charge in [-0.15, -0.1) is 0 Å². The van der Waals surface area contributed by atoms with Crippen LogP contribution in [0.5, 0.6) is 0 Å². The van der Waals surface area contributed by atoms with Gasteiger partial charge in [0.15, 0.2) is 0 Å². The van der Waals surface area contributed by atoms with E-state index < -0.39 is 0 Å². The Bertz CT molecular complexity index is 300. The van der Waals surface area contributed by atoms with Crippen molar-refractivity contribution in [2.75, 3.05) is 26.3 Å². The van der Waals surface area contributed by atoms with Gasteiger partial charge in [0, 0.05) is 19.5 Å². The molecule has 0 radical (unpaired) electrons. The van der Waals surface area contributed by atoms with Gasteiger partial charge in [0.1, 0.15) is 6.10 Å². The van der Waals surface area contributed by atoms with Crippen LogP contribution in [-0.4, -0.2) is 59.8 Å². The molecule has 3 saturated heterocycles. The summed E-state index contributed by atoms with van der Waals surface area (Å²) in [6.45, 7) is 3.03. The summed E-state index contributed by atoms with van der Waals surface area (Å²) in [5, 5.41) is 0. The highest BCUT2D eigenvalue weighted by molar-refractivity contribution is 8.67. The third kappa shape index (κ3) is 2.25. The van der Waals surface area contributed by atoms with Gasteiger partial charge in [0.25, 0.3) is 0 Å². The predicted octanol–water partition coefficient (Wildman–Crippen LogP) is 1.16. The van der Waals surface area contributed by atoms with E-state index in [0.29, 0.717) is 25.3 Å². The van der Waals surface area contributed by atoms with E-state index in [2.05, 4.69) is 16.0 Å². The number of carbonyl (C=O) groups is 1. The van der Waals surface area contributed by atoms with Crippen molar-refractivity contribution in [3.63, 3.8) is 0 Å². The molecule has 0 aliphatic carbocycles. The molecule has 3 unspecified atom stereocenters. The molecule has 3 fully saturated rings. The molecular weight excluding hydrogens is 260 g/mol. The van der Waals surface area contributed by atoms with Gasteiger partial charge in [-0.25, -0.2) is 9.10 Å². The first-order valence-corrected chi connectivity index (χ1v) is 7.73. The first kappa shape index (κ1) is 12.0. The first-order valence-electron chi connectivity index (χ1n) is 5.91. The van der Waals surface area contributed by atoms with E-state index in [1.54, 1.807) is 0 Å². The maximum absolute atomic E-state index is 12.0. The molecule has 3 rings (SSSR count). The van der Waals surface area contributed by atoms with Crippen molar-refractivity contribution in [2.24, 2.45) is 0 Å². The second kappa shape index (κ2) is 4.87. The highest BCUT2D eigenvalue weighted by Gasteiger charge is 2.48. The fourth-order valence-electron chi connectivity index (χ4n) is 2.75. The molecule has 0 N–H and O–H groups in total. The Hall–Kier alpha value is -0.110. The van der Waals surface area contributed by atoms with Crippen LogP contribution in [0.25, 0.3) is 0 Å². The van der Waals surface area contributed by atoms with Crippen molar-refractivity contribution >= 4 is 28.7 Å². The minimum atomic E-state index is -0.162. The zero-order valence-corrected chi connectivity index (χ0v) is 11.2. The molecule has 7 heteroatoms. The third-order valence-corrected chi connectivity index (χ3v) is 4.86. The molecule has 0 aromatic carbocycles.